The molecule has 1 aromatic heterocycles. The van der Waals surface area contributed by atoms with E-state index in [2.05, 4.69) is 21.9 Å². The Labute approximate surface area is 140 Å². The second-order valence-electron chi connectivity index (χ2n) is 6.14. The van der Waals surface area contributed by atoms with Gasteiger partial charge in [-0.3, -0.25) is 9.69 Å². The Kier molecular flexibility index (Phi) is 4.89. The molecule has 2 unspecified atom stereocenters. The normalized spacial score (nSPS) is 18.4. The van der Waals surface area contributed by atoms with Crippen molar-refractivity contribution in [2.75, 3.05) is 26.2 Å². The predicted molar refractivity (Wildman–Crippen MR) is 87.7 cm³/mol. The molecular weight excluding hydrogens is 309 g/mol. The second kappa shape index (κ2) is 7.09. The molecule has 1 aromatic carbocycles. The average Bonchev–Trinajstić information content (AvgIpc) is 3.14. The van der Waals surface area contributed by atoms with E-state index >= 15 is 0 Å². The van der Waals surface area contributed by atoms with Gasteiger partial charge in [0.15, 0.2) is 0 Å². The Morgan fingerprint density at radius 3 is 2.58 bits per heavy atom. The van der Waals surface area contributed by atoms with Gasteiger partial charge in [-0.1, -0.05) is 12.1 Å². The van der Waals surface area contributed by atoms with Crippen molar-refractivity contribution < 1.29 is 9.18 Å². The Morgan fingerprint density at radius 1 is 1.21 bits per heavy atom. The summed E-state index contributed by atoms with van der Waals surface area (Å²) in [5, 5.41) is 4.04. The second-order valence-corrected chi connectivity index (χ2v) is 6.14. The van der Waals surface area contributed by atoms with Gasteiger partial charge in [-0.2, -0.15) is 5.10 Å². The molecule has 1 saturated heterocycles. The van der Waals surface area contributed by atoms with Crippen LogP contribution in [0.1, 0.15) is 31.5 Å². The summed E-state index contributed by atoms with van der Waals surface area (Å²) in [6.45, 7) is 6.78. The van der Waals surface area contributed by atoms with Crippen molar-refractivity contribution in [2.45, 2.75) is 25.9 Å². The first-order chi connectivity index (χ1) is 11.6. The molecule has 0 radical (unpaired) electrons. The SMILES string of the molecule is CC(c1cccc(F)c1)N1CCN(C(=O)C(C)n2cncn2)CC1. The van der Waals surface area contributed by atoms with Crippen LogP contribution >= 0.6 is 0 Å². The molecule has 1 amide bonds. The maximum Gasteiger partial charge on any atom is 0.247 e. The topological polar surface area (TPSA) is 54.3 Å². The van der Waals surface area contributed by atoms with Crippen molar-refractivity contribution in [3.63, 3.8) is 0 Å². The van der Waals surface area contributed by atoms with E-state index in [0.29, 0.717) is 13.1 Å². The number of carbonyl (C=O) groups is 1. The van der Waals surface area contributed by atoms with Gasteiger partial charge in [-0.05, 0) is 31.5 Å². The highest BCUT2D eigenvalue weighted by molar-refractivity contribution is 5.80. The molecule has 0 bridgehead atoms. The molecule has 2 heterocycles. The van der Waals surface area contributed by atoms with Crippen LogP contribution in [0.4, 0.5) is 4.39 Å². The maximum absolute atomic E-state index is 13.4. The summed E-state index contributed by atoms with van der Waals surface area (Å²) in [6.07, 6.45) is 2.99. The van der Waals surface area contributed by atoms with Gasteiger partial charge in [0.05, 0.1) is 0 Å². The molecule has 1 aliphatic rings. The molecule has 0 spiro atoms. The van der Waals surface area contributed by atoms with Gasteiger partial charge in [0.1, 0.15) is 24.5 Å². The zero-order valence-corrected chi connectivity index (χ0v) is 14.0. The summed E-state index contributed by atoms with van der Waals surface area (Å²) in [7, 11) is 0. The van der Waals surface area contributed by atoms with E-state index in [4.69, 9.17) is 0 Å². The van der Waals surface area contributed by atoms with Crippen molar-refractivity contribution in [1.29, 1.82) is 0 Å². The maximum atomic E-state index is 13.4. The van der Waals surface area contributed by atoms with Crippen LogP contribution in [-0.4, -0.2) is 56.7 Å². The van der Waals surface area contributed by atoms with Crippen LogP contribution in [0, 0.1) is 5.82 Å². The average molecular weight is 331 g/mol. The number of benzene rings is 1. The first kappa shape index (κ1) is 16.6. The number of aromatic nitrogens is 3. The number of hydrogen-bond acceptors (Lipinski definition) is 4. The first-order valence-electron chi connectivity index (χ1n) is 8.18. The van der Waals surface area contributed by atoms with Crippen LogP contribution < -0.4 is 0 Å². The van der Waals surface area contributed by atoms with E-state index in [9.17, 15) is 9.18 Å². The lowest BCUT2D eigenvalue weighted by Crippen LogP contribution is -2.50. The highest BCUT2D eigenvalue weighted by Gasteiger charge is 2.28. The van der Waals surface area contributed by atoms with Gasteiger partial charge in [0, 0.05) is 32.2 Å². The van der Waals surface area contributed by atoms with Gasteiger partial charge in [-0.25, -0.2) is 14.1 Å². The highest BCUT2D eigenvalue weighted by Crippen LogP contribution is 2.23. The summed E-state index contributed by atoms with van der Waals surface area (Å²) >= 11 is 0. The summed E-state index contributed by atoms with van der Waals surface area (Å²) in [5.41, 5.74) is 0.964. The summed E-state index contributed by atoms with van der Waals surface area (Å²) < 4.78 is 15.0. The molecule has 3 rings (SSSR count). The van der Waals surface area contributed by atoms with Gasteiger partial charge in [0.25, 0.3) is 0 Å². The minimum absolute atomic E-state index is 0.0542. The van der Waals surface area contributed by atoms with Gasteiger partial charge in [-0.15, -0.1) is 0 Å². The molecular formula is C17H22FN5O. The summed E-state index contributed by atoms with van der Waals surface area (Å²) in [6, 6.07) is 6.50. The number of halogens is 1. The molecule has 2 aromatic rings. The van der Waals surface area contributed by atoms with Crippen molar-refractivity contribution in [1.82, 2.24) is 24.6 Å². The Bertz CT molecular complexity index is 682. The van der Waals surface area contributed by atoms with Crippen molar-refractivity contribution in [2.24, 2.45) is 0 Å². The summed E-state index contributed by atoms with van der Waals surface area (Å²) in [4.78, 5) is 20.6. The molecule has 128 valence electrons. The van der Waals surface area contributed by atoms with Crippen LogP contribution in [0.5, 0.6) is 0 Å². The third kappa shape index (κ3) is 3.46. The Hall–Kier alpha value is -2.28. The molecule has 0 aliphatic carbocycles. The van der Waals surface area contributed by atoms with E-state index in [1.165, 1.54) is 12.4 Å². The fraction of sp³-hybridized carbons (Fsp3) is 0.471. The van der Waals surface area contributed by atoms with E-state index in [0.717, 1.165) is 18.7 Å². The van der Waals surface area contributed by atoms with E-state index in [1.54, 1.807) is 23.1 Å². The molecule has 2 atom stereocenters. The van der Waals surface area contributed by atoms with Gasteiger partial charge < -0.3 is 4.90 Å². The lowest BCUT2D eigenvalue weighted by Gasteiger charge is -2.39. The molecule has 7 heteroatoms. The van der Waals surface area contributed by atoms with E-state index in [-0.39, 0.29) is 23.8 Å². The third-order valence-corrected chi connectivity index (χ3v) is 4.70. The van der Waals surface area contributed by atoms with Crippen LogP contribution in [0.15, 0.2) is 36.9 Å². The standard InChI is InChI=1S/C17H22FN5O/c1-13(15-4-3-5-16(18)10-15)21-6-8-22(9-7-21)17(24)14(2)23-12-19-11-20-23/h3-5,10-14H,6-9H2,1-2H3. The minimum Gasteiger partial charge on any atom is -0.338 e. The largest absolute Gasteiger partial charge is 0.338 e. The first-order valence-corrected chi connectivity index (χ1v) is 8.18. The van der Waals surface area contributed by atoms with E-state index in [1.807, 2.05) is 17.9 Å². The van der Waals surface area contributed by atoms with Crippen molar-refractivity contribution in [3.8, 4) is 0 Å². The molecule has 0 saturated carbocycles. The number of nitrogens with zero attached hydrogens (tertiary/aromatic N) is 5. The molecule has 1 fully saturated rings. The van der Waals surface area contributed by atoms with Crippen LogP contribution in [-0.2, 0) is 4.79 Å². The quantitative estimate of drug-likeness (QED) is 0.858. The molecule has 1 aliphatic heterocycles. The van der Waals surface area contributed by atoms with Crippen LogP contribution in [0.25, 0.3) is 0 Å². The lowest BCUT2D eigenvalue weighted by atomic mass is 10.1. The number of hydrogen-bond donors (Lipinski definition) is 0. The van der Waals surface area contributed by atoms with Gasteiger partial charge in [0.2, 0.25) is 5.91 Å². The van der Waals surface area contributed by atoms with Crippen molar-refractivity contribution >= 4 is 5.91 Å². The number of rotatable bonds is 4. The summed E-state index contributed by atoms with van der Waals surface area (Å²) in [5.74, 6) is -0.159. The van der Waals surface area contributed by atoms with Gasteiger partial charge >= 0.3 is 0 Å². The Morgan fingerprint density at radius 2 is 1.96 bits per heavy atom. The molecule has 24 heavy (non-hydrogen) atoms. The number of amides is 1. The fourth-order valence-corrected chi connectivity index (χ4v) is 3.10. The monoisotopic (exact) mass is 331 g/mol. The van der Waals surface area contributed by atoms with Crippen LogP contribution in [0.3, 0.4) is 0 Å². The molecule has 0 N–H and O–H groups in total. The molecule has 6 nitrogen and oxygen atoms in total. The smallest absolute Gasteiger partial charge is 0.247 e. The minimum atomic E-state index is -0.348. The third-order valence-electron chi connectivity index (χ3n) is 4.70. The van der Waals surface area contributed by atoms with Crippen LogP contribution in [0.2, 0.25) is 0 Å². The van der Waals surface area contributed by atoms with Crippen molar-refractivity contribution in [3.05, 3.63) is 48.3 Å². The zero-order valence-electron chi connectivity index (χ0n) is 14.0. The fourth-order valence-electron chi connectivity index (χ4n) is 3.10. The predicted octanol–water partition coefficient (Wildman–Crippen LogP) is 1.88. The van der Waals surface area contributed by atoms with E-state index < -0.39 is 0 Å². The zero-order chi connectivity index (χ0) is 17.1. The number of piperazine rings is 1. The highest BCUT2D eigenvalue weighted by atomic mass is 19.1. The number of carbonyl (C=O) groups excluding carboxylic acids is 1. The lowest BCUT2D eigenvalue weighted by molar-refractivity contribution is -0.136. The Balaban J connectivity index is 1.58.